The number of nitrogens with zero attached hydrogens (tertiary/aromatic N) is 5. The molecular weight excluding hydrogens is 361 g/mol. The highest BCUT2D eigenvalue weighted by Gasteiger charge is 2.17. The largest absolute Gasteiger partial charge is 0.346 e. The van der Waals surface area contributed by atoms with Gasteiger partial charge in [-0.05, 0) is 36.8 Å². The summed E-state index contributed by atoms with van der Waals surface area (Å²) in [6.07, 6.45) is 3.27. The fourth-order valence-corrected chi connectivity index (χ4v) is 2.86. The molecule has 0 bridgehead atoms. The first-order valence-electron chi connectivity index (χ1n) is 8.58. The van der Waals surface area contributed by atoms with Gasteiger partial charge in [0.05, 0.1) is 22.8 Å². The number of pyridine rings is 1. The third-order valence-corrected chi connectivity index (χ3v) is 4.36. The Morgan fingerprint density at radius 1 is 1.29 bits per heavy atom. The highest BCUT2D eigenvalue weighted by atomic mass is 19.1. The number of aromatic nitrogens is 5. The molecule has 3 heterocycles. The SMILES string of the molecule is Cc1cc(F)c(-c2nc(N(C)C)n[nH]2)cc1NC(=O)c1cnn2ccccc12. The first-order valence-corrected chi connectivity index (χ1v) is 8.58. The van der Waals surface area contributed by atoms with E-state index in [2.05, 4.69) is 25.6 Å². The van der Waals surface area contributed by atoms with Crippen LogP contribution in [0.25, 0.3) is 16.9 Å². The van der Waals surface area contributed by atoms with Gasteiger partial charge in [-0.2, -0.15) is 10.1 Å². The van der Waals surface area contributed by atoms with Gasteiger partial charge in [0.25, 0.3) is 5.91 Å². The number of H-pyrrole nitrogens is 1. The number of aryl methyl sites for hydroxylation is 1. The number of rotatable bonds is 4. The van der Waals surface area contributed by atoms with Crippen LogP contribution in [-0.4, -0.2) is 44.8 Å². The van der Waals surface area contributed by atoms with E-state index in [1.54, 1.807) is 42.7 Å². The zero-order chi connectivity index (χ0) is 19.8. The Bertz CT molecular complexity index is 1180. The van der Waals surface area contributed by atoms with Crippen molar-refractivity contribution >= 4 is 23.1 Å². The second kappa shape index (κ2) is 6.76. The molecule has 28 heavy (non-hydrogen) atoms. The molecule has 1 aromatic carbocycles. The van der Waals surface area contributed by atoms with E-state index >= 15 is 0 Å². The average molecular weight is 379 g/mol. The summed E-state index contributed by atoms with van der Waals surface area (Å²) in [7, 11) is 3.58. The zero-order valence-corrected chi connectivity index (χ0v) is 15.6. The van der Waals surface area contributed by atoms with Crippen molar-refractivity contribution < 1.29 is 9.18 Å². The van der Waals surface area contributed by atoms with Crippen molar-refractivity contribution in [2.45, 2.75) is 6.92 Å². The monoisotopic (exact) mass is 379 g/mol. The summed E-state index contributed by atoms with van der Waals surface area (Å²) >= 11 is 0. The number of aromatic amines is 1. The van der Waals surface area contributed by atoms with Gasteiger partial charge in [0.1, 0.15) is 5.82 Å². The molecule has 1 amide bonds. The molecule has 3 aromatic heterocycles. The van der Waals surface area contributed by atoms with Crippen LogP contribution in [0.1, 0.15) is 15.9 Å². The Kier molecular flexibility index (Phi) is 4.26. The first kappa shape index (κ1) is 17.7. The first-order chi connectivity index (χ1) is 13.4. The quantitative estimate of drug-likeness (QED) is 0.569. The lowest BCUT2D eigenvalue weighted by atomic mass is 10.1. The number of anilines is 2. The number of amides is 1. The second-order valence-electron chi connectivity index (χ2n) is 6.57. The van der Waals surface area contributed by atoms with Gasteiger partial charge in [-0.25, -0.2) is 8.91 Å². The summed E-state index contributed by atoms with van der Waals surface area (Å²) in [4.78, 5) is 18.8. The zero-order valence-electron chi connectivity index (χ0n) is 15.6. The van der Waals surface area contributed by atoms with Crippen molar-refractivity contribution in [1.29, 1.82) is 0 Å². The van der Waals surface area contributed by atoms with E-state index in [4.69, 9.17) is 0 Å². The van der Waals surface area contributed by atoms with Crippen LogP contribution in [0.3, 0.4) is 0 Å². The molecule has 0 fully saturated rings. The van der Waals surface area contributed by atoms with E-state index in [1.165, 1.54) is 12.3 Å². The number of carbonyl (C=O) groups excluding carboxylic acids is 1. The molecule has 0 saturated heterocycles. The molecule has 0 aliphatic heterocycles. The number of fused-ring (bicyclic) bond motifs is 1. The summed E-state index contributed by atoms with van der Waals surface area (Å²) in [6.45, 7) is 1.73. The maximum atomic E-state index is 14.5. The third kappa shape index (κ3) is 3.07. The molecular formula is C19H18FN7O. The van der Waals surface area contributed by atoms with E-state index in [0.717, 1.165) is 0 Å². The fourth-order valence-electron chi connectivity index (χ4n) is 2.86. The molecule has 0 unspecified atom stereocenters. The van der Waals surface area contributed by atoms with E-state index in [0.29, 0.717) is 28.3 Å². The normalized spacial score (nSPS) is 11.0. The Morgan fingerprint density at radius 3 is 2.86 bits per heavy atom. The van der Waals surface area contributed by atoms with Gasteiger partial charge in [-0.3, -0.25) is 9.89 Å². The van der Waals surface area contributed by atoms with E-state index < -0.39 is 5.82 Å². The lowest BCUT2D eigenvalue weighted by molar-refractivity contribution is 0.102. The van der Waals surface area contributed by atoms with Gasteiger partial charge in [0, 0.05) is 26.0 Å². The van der Waals surface area contributed by atoms with Gasteiger partial charge in [0.2, 0.25) is 5.95 Å². The van der Waals surface area contributed by atoms with Crippen LogP contribution in [0.15, 0.2) is 42.7 Å². The molecule has 0 aliphatic rings. The van der Waals surface area contributed by atoms with Crippen molar-refractivity contribution in [3.63, 3.8) is 0 Å². The molecule has 0 saturated carbocycles. The van der Waals surface area contributed by atoms with Crippen molar-refractivity contribution in [2.75, 3.05) is 24.3 Å². The van der Waals surface area contributed by atoms with Gasteiger partial charge >= 0.3 is 0 Å². The number of benzene rings is 1. The number of halogens is 1. The summed E-state index contributed by atoms with van der Waals surface area (Å²) in [5.41, 5.74) is 2.42. The Hall–Kier alpha value is -3.75. The molecule has 0 atom stereocenters. The average Bonchev–Trinajstić information content (AvgIpc) is 3.31. The van der Waals surface area contributed by atoms with Gasteiger partial charge in [0.15, 0.2) is 5.82 Å². The van der Waals surface area contributed by atoms with Crippen LogP contribution in [-0.2, 0) is 0 Å². The van der Waals surface area contributed by atoms with E-state index in [-0.39, 0.29) is 17.3 Å². The maximum Gasteiger partial charge on any atom is 0.259 e. The Morgan fingerprint density at radius 2 is 2.11 bits per heavy atom. The summed E-state index contributed by atoms with van der Waals surface area (Å²) in [5, 5.41) is 13.8. The van der Waals surface area contributed by atoms with Crippen molar-refractivity contribution in [1.82, 2.24) is 24.8 Å². The minimum atomic E-state index is -0.451. The van der Waals surface area contributed by atoms with Crippen molar-refractivity contribution in [3.05, 3.63) is 59.7 Å². The minimum Gasteiger partial charge on any atom is -0.346 e. The number of nitrogens with one attached hydrogen (secondary N) is 2. The third-order valence-electron chi connectivity index (χ3n) is 4.36. The summed E-state index contributed by atoms with van der Waals surface area (Å²) < 4.78 is 16.1. The molecule has 0 radical (unpaired) electrons. The molecule has 9 heteroatoms. The van der Waals surface area contributed by atoms with Crippen LogP contribution in [0.2, 0.25) is 0 Å². The van der Waals surface area contributed by atoms with Crippen LogP contribution >= 0.6 is 0 Å². The highest BCUT2D eigenvalue weighted by molar-refractivity contribution is 6.09. The smallest absolute Gasteiger partial charge is 0.259 e. The maximum absolute atomic E-state index is 14.5. The van der Waals surface area contributed by atoms with Crippen LogP contribution in [0.4, 0.5) is 16.0 Å². The summed E-state index contributed by atoms with van der Waals surface area (Å²) in [5.74, 6) is -0.0547. The fraction of sp³-hybridized carbons (Fsp3) is 0.158. The van der Waals surface area contributed by atoms with Crippen LogP contribution in [0, 0.1) is 12.7 Å². The predicted molar refractivity (Wildman–Crippen MR) is 104 cm³/mol. The molecule has 4 rings (SSSR count). The van der Waals surface area contributed by atoms with Crippen molar-refractivity contribution in [3.8, 4) is 11.4 Å². The standard InChI is InChI=1S/C19H18FN7O/c1-11-8-14(20)12(17-23-19(25-24-17)26(2)3)9-15(11)22-18(28)13-10-21-27-7-5-4-6-16(13)27/h4-10H,1-3H3,(H,22,28)(H,23,24,25). The lowest BCUT2D eigenvalue weighted by Gasteiger charge is -2.10. The van der Waals surface area contributed by atoms with E-state index in [1.807, 2.05) is 18.2 Å². The lowest BCUT2D eigenvalue weighted by Crippen LogP contribution is -2.13. The minimum absolute atomic E-state index is 0.223. The van der Waals surface area contributed by atoms with Crippen LogP contribution in [0.5, 0.6) is 0 Å². The Balaban J connectivity index is 1.68. The predicted octanol–water partition coefficient (Wildman–Crippen LogP) is 2.89. The molecule has 4 aromatic rings. The Labute approximate surface area is 160 Å². The second-order valence-corrected chi connectivity index (χ2v) is 6.57. The molecule has 142 valence electrons. The van der Waals surface area contributed by atoms with Gasteiger partial charge in [-0.1, -0.05) is 6.07 Å². The molecule has 8 nitrogen and oxygen atoms in total. The topological polar surface area (TPSA) is 91.2 Å². The number of carbonyl (C=O) groups is 1. The van der Waals surface area contributed by atoms with Gasteiger partial charge < -0.3 is 10.2 Å². The summed E-state index contributed by atoms with van der Waals surface area (Å²) in [6, 6.07) is 8.38. The molecule has 2 N–H and O–H groups in total. The molecule has 0 aliphatic carbocycles. The van der Waals surface area contributed by atoms with E-state index in [9.17, 15) is 9.18 Å². The van der Waals surface area contributed by atoms with Crippen molar-refractivity contribution in [2.24, 2.45) is 0 Å². The molecule has 0 spiro atoms. The highest BCUT2D eigenvalue weighted by Crippen LogP contribution is 2.28. The number of hydrogen-bond donors (Lipinski definition) is 2. The van der Waals surface area contributed by atoms with Crippen LogP contribution < -0.4 is 10.2 Å². The van der Waals surface area contributed by atoms with Gasteiger partial charge in [-0.15, -0.1) is 5.10 Å². The number of hydrogen-bond acceptors (Lipinski definition) is 5.